The molecule has 4 aromatic rings. The number of amides is 1. The molecule has 2 aromatic carbocycles. The average molecular weight is 547 g/mol. The third-order valence-corrected chi connectivity index (χ3v) is 7.33. The molecule has 0 spiro atoms. The van der Waals surface area contributed by atoms with Crippen LogP contribution < -0.4 is 15.6 Å². The highest BCUT2D eigenvalue weighted by Crippen LogP contribution is 2.37. The predicted molar refractivity (Wildman–Crippen MR) is 147 cm³/mol. The maximum atomic E-state index is 13.6. The third-order valence-electron chi connectivity index (χ3n) is 7.09. The minimum absolute atomic E-state index is 0.166. The fourth-order valence-corrected chi connectivity index (χ4v) is 4.97. The Bertz CT molecular complexity index is 1560. The first-order valence-corrected chi connectivity index (χ1v) is 13.0. The van der Waals surface area contributed by atoms with Crippen molar-refractivity contribution in [3.05, 3.63) is 75.7 Å². The molecule has 200 valence electrons. The van der Waals surface area contributed by atoms with Crippen LogP contribution in [0.1, 0.15) is 49.0 Å². The number of aromatic amines is 1. The summed E-state index contributed by atoms with van der Waals surface area (Å²) in [6.45, 7) is 1.45. The van der Waals surface area contributed by atoms with Gasteiger partial charge in [-0.25, -0.2) is 0 Å². The monoisotopic (exact) mass is 546 g/mol. The highest BCUT2D eigenvalue weighted by Gasteiger charge is 2.30. The number of rotatable bonds is 9. The molecule has 1 aliphatic carbocycles. The van der Waals surface area contributed by atoms with E-state index in [2.05, 4.69) is 25.9 Å². The van der Waals surface area contributed by atoms with Gasteiger partial charge in [0.2, 0.25) is 11.7 Å². The molecule has 0 unspecified atom stereocenters. The Hall–Kier alpha value is -4.31. The second-order valence-electron chi connectivity index (χ2n) is 9.60. The summed E-state index contributed by atoms with van der Waals surface area (Å²) >= 11 is 6.23. The van der Waals surface area contributed by atoms with E-state index in [0.29, 0.717) is 51.3 Å². The van der Waals surface area contributed by atoms with E-state index in [4.69, 9.17) is 16.3 Å². The first-order valence-electron chi connectivity index (χ1n) is 12.6. The van der Waals surface area contributed by atoms with Crippen LogP contribution >= 0.6 is 11.6 Å². The first kappa shape index (κ1) is 26.3. The molecule has 11 heteroatoms. The predicted octanol–water partition coefficient (Wildman–Crippen LogP) is 4.93. The Labute approximate surface area is 229 Å². The number of H-pyrrole nitrogens is 1. The molecule has 39 heavy (non-hydrogen) atoms. The van der Waals surface area contributed by atoms with Crippen molar-refractivity contribution in [1.29, 1.82) is 0 Å². The Morgan fingerprint density at radius 1 is 1.15 bits per heavy atom. The van der Waals surface area contributed by atoms with Crippen LogP contribution in [0.4, 0.5) is 5.69 Å². The quantitative estimate of drug-likeness (QED) is 0.284. The van der Waals surface area contributed by atoms with Crippen LogP contribution in [0.3, 0.4) is 0 Å². The number of tetrazole rings is 1. The smallest absolute Gasteiger partial charge is 0.252 e. The van der Waals surface area contributed by atoms with Gasteiger partial charge in [0.25, 0.3) is 5.56 Å². The van der Waals surface area contributed by atoms with Crippen LogP contribution in [0, 0.1) is 5.92 Å². The summed E-state index contributed by atoms with van der Waals surface area (Å²) in [6, 6.07) is 12.6. The van der Waals surface area contributed by atoms with E-state index < -0.39 is 6.04 Å². The maximum Gasteiger partial charge on any atom is 0.252 e. The van der Waals surface area contributed by atoms with Gasteiger partial charge >= 0.3 is 0 Å². The summed E-state index contributed by atoms with van der Waals surface area (Å²) in [6.07, 6.45) is 5.20. The minimum atomic E-state index is -0.755. The van der Waals surface area contributed by atoms with Crippen LogP contribution in [0.15, 0.2) is 59.5 Å². The molecular weight excluding hydrogens is 520 g/mol. The number of halogens is 1. The zero-order chi connectivity index (χ0) is 27.5. The molecule has 2 aromatic heterocycles. The highest BCUT2D eigenvalue weighted by molar-refractivity contribution is 6.31. The van der Waals surface area contributed by atoms with Crippen molar-refractivity contribution in [3.63, 3.8) is 0 Å². The first-order chi connectivity index (χ1) is 18.8. The van der Waals surface area contributed by atoms with E-state index in [1.165, 1.54) is 24.7 Å². The summed E-state index contributed by atoms with van der Waals surface area (Å²) in [5.74, 6) is 0.673. The third kappa shape index (κ3) is 5.61. The van der Waals surface area contributed by atoms with E-state index in [-0.39, 0.29) is 17.2 Å². The zero-order valence-corrected chi connectivity index (χ0v) is 22.2. The molecule has 1 fully saturated rings. The molecule has 2 N–H and O–H groups in total. The lowest BCUT2D eigenvalue weighted by molar-refractivity contribution is -0.120. The fraction of sp³-hybridized carbons (Fsp3) is 0.286. The lowest BCUT2D eigenvalue weighted by atomic mass is 9.80. The fourth-order valence-electron chi connectivity index (χ4n) is 4.80. The number of Topliss-reactive ketones (excluding diaryl/α,β-unsaturated/α-hetero) is 1. The summed E-state index contributed by atoms with van der Waals surface area (Å²) in [4.78, 5) is 39.4. The van der Waals surface area contributed by atoms with Gasteiger partial charge in [-0.3, -0.25) is 19.0 Å². The van der Waals surface area contributed by atoms with Crippen LogP contribution in [-0.2, 0) is 4.79 Å². The highest BCUT2D eigenvalue weighted by atomic mass is 35.5. The number of methoxy groups -OCH3 is 1. The molecule has 1 atom stereocenters. The van der Waals surface area contributed by atoms with E-state index >= 15 is 0 Å². The van der Waals surface area contributed by atoms with Gasteiger partial charge in [0.1, 0.15) is 11.8 Å². The van der Waals surface area contributed by atoms with Crippen LogP contribution in [0.5, 0.6) is 5.75 Å². The number of hydrogen-bond donors (Lipinski definition) is 2. The van der Waals surface area contributed by atoms with Crippen LogP contribution in [-0.4, -0.2) is 44.0 Å². The molecule has 0 bridgehead atoms. The van der Waals surface area contributed by atoms with Crippen molar-refractivity contribution < 1.29 is 14.3 Å². The lowest BCUT2D eigenvalue weighted by Gasteiger charge is -2.30. The maximum absolute atomic E-state index is 13.6. The number of ether oxygens (including phenoxy) is 1. The SMILES string of the molecule is COc1cn([C@@H](CC2CCC2)C(=O)Nc2ccc(-c3nn[nH]n3)cc2)c(=O)cc1-c1cc(Cl)ccc1C(C)=O. The Balaban J connectivity index is 1.49. The normalized spacial score (nSPS) is 13.9. The van der Waals surface area contributed by atoms with E-state index in [1.807, 2.05) is 0 Å². The number of ketones is 1. The average Bonchev–Trinajstić information content (AvgIpc) is 3.43. The van der Waals surface area contributed by atoms with Crippen molar-refractivity contribution in [2.24, 2.45) is 5.92 Å². The van der Waals surface area contributed by atoms with Gasteiger partial charge in [-0.1, -0.05) is 30.9 Å². The molecule has 10 nitrogen and oxygen atoms in total. The Morgan fingerprint density at radius 2 is 1.92 bits per heavy atom. The standard InChI is InChI=1S/C28H27ClN6O4/c1-16(36)21-11-8-19(29)13-22(21)23-14-26(37)35(15-25(23)39-2)24(12-17-4-3-5-17)28(38)30-20-9-6-18(7-10-20)27-31-33-34-32-27/h6-11,13-15,17,24H,3-5,12H2,1-2H3,(H,30,38)(H,31,32,33,34)/t24-/m0/s1. The number of carbonyl (C=O) groups excluding carboxylic acids is 2. The van der Waals surface area contributed by atoms with Crippen molar-refractivity contribution >= 4 is 29.0 Å². The van der Waals surface area contributed by atoms with E-state index in [0.717, 1.165) is 24.8 Å². The van der Waals surface area contributed by atoms with Gasteiger partial charge < -0.3 is 10.1 Å². The Morgan fingerprint density at radius 3 is 2.54 bits per heavy atom. The molecule has 2 heterocycles. The Kier molecular flexibility index (Phi) is 7.56. The van der Waals surface area contributed by atoms with Crippen molar-refractivity contribution in [2.75, 3.05) is 12.4 Å². The number of carbonyl (C=O) groups is 2. The van der Waals surface area contributed by atoms with Crippen LogP contribution in [0.25, 0.3) is 22.5 Å². The topological polar surface area (TPSA) is 132 Å². The number of anilines is 1. The van der Waals surface area contributed by atoms with Gasteiger partial charge in [0.15, 0.2) is 5.78 Å². The molecule has 5 rings (SSSR count). The van der Waals surface area contributed by atoms with E-state index in [1.54, 1.807) is 48.7 Å². The summed E-state index contributed by atoms with van der Waals surface area (Å²) in [5, 5.41) is 17.3. The number of nitrogens with one attached hydrogen (secondary N) is 2. The van der Waals surface area contributed by atoms with Crippen molar-refractivity contribution in [3.8, 4) is 28.3 Å². The molecule has 1 saturated carbocycles. The number of benzene rings is 2. The summed E-state index contributed by atoms with van der Waals surface area (Å²) in [5.41, 5.74) is 2.29. The van der Waals surface area contributed by atoms with Gasteiger partial charge in [-0.2, -0.15) is 5.21 Å². The molecule has 0 aliphatic heterocycles. The number of pyridine rings is 1. The van der Waals surface area contributed by atoms with Crippen LogP contribution in [0.2, 0.25) is 5.02 Å². The molecule has 0 saturated heterocycles. The van der Waals surface area contributed by atoms with Gasteiger partial charge in [-0.05, 0) is 72.5 Å². The van der Waals surface area contributed by atoms with Crippen molar-refractivity contribution in [2.45, 2.75) is 38.6 Å². The molecule has 1 amide bonds. The number of aromatic nitrogens is 5. The zero-order valence-electron chi connectivity index (χ0n) is 21.5. The summed E-state index contributed by atoms with van der Waals surface area (Å²) < 4.78 is 7.07. The minimum Gasteiger partial charge on any atom is -0.495 e. The van der Waals surface area contributed by atoms with Gasteiger partial charge in [0.05, 0.1) is 13.3 Å². The van der Waals surface area contributed by atoms with Crippen molar-refractivity contribution in [1.82, 2.24) is 25.2 Å². The second-order valence-corrected chi connectivity index (χ2v) is 10.0. The number of hydrogen-bond acceptors (Lipinski definition) is 7. The van der Waals surface area contributed by atoms with Gasteiger partial charge in [0, 0.05) is 33.5 Å². The second kappa shape index (κ2) is 11.2. The summed E-state index contributed by atoms with van der Waals surface area (Å²) in [7, 11) is 1.48. The molecular formula is C28H27ClN6O4. The molecule has 1 aliphatic rings. The largest absolute Gasteiger partial charge is 0.495 e. The van der Waals surface area contributed by atoms with E-state index in [9.17, 15) is 14.4 Å². The van der Waals surface area contributed by atoms with Gasteiger partial charge in [-0.15, -0.1) is 10.2 Å². The molecule has 0 radical (unpaired) electrons. The number of nitrogens with zero attached hydrogens (tertiary/aromatic N) is 4. The lowest BCUT2D eigenvalue weighted by Crippen LogP contribution is -2.35.